The number of hydrogen-bond acceptors (Lipinski definition) is 5. The summed E-state index contributed by atoms with van der Waals surface area (Å²) in [5.41, 5.74) is 1.19. The first kappa shape index (κ1) is 20.3. The number of amides is 1. The van der Waals surface area contributed by atoms with E-state index in [9.17, 15) is 13.2 Å². The van der Waals surface area contributed by atoms with Gasteiger partial charge in [0.1, 0.15) is 0 Å². The summed E-state index contributed by atoms with van der Waals surface area (Å²) in [6, 6.07) is 6.77. The van der Waals surface area contributed by atoms with Gasteiger partial charge in [-0.15, -0.1) is 11.3 Å². The van der Waals surface area contributed by atoms with Gasteiger partial charge in [-0.1, -0.05) is 0 Å². The SMILES string of the molecule is CN(C)S(=O)(=O)c1ccc(N2CCCC2)c(C(=O)NCc2cc(Br)cs2)c1. The van der Waals surface area contributed by atoms with Gasteiger partial charge < -0.3 is 10.2 Å². The summed E-state index contributed by atoms with van der Waals surface area (Å²) >= 11 is 4.96. The predicted octanol–water partition coefficient (Wildman–Crippen LogP) is 3.29. The lowest BCUT2D eigenvalue weighted by molar-refractivity contribution is 0.0951. The van der Waals surface area contributed by atoms with E-state index in [2.05, 4.69) is 26.1 Å². The molecule has 2 heterocycles. The fraction of sp³-hybridized carbons (Fsp3) is 0.389. The summed E-state index contributed by atoms with van der Waals surface area (Å²) in [7, 11) is -0.638. The Morgan fingerprint density at radius 1 is 1.26 bits per heavy atom. The molecule has 0 aliphatic carbocycles. The monoisotopic (exact) mass is 471 g/mol. The maximum Gasteiger partial charge on any atom is 0.253 e. The van der Waals surface area contributed by atoms with Crippen molar-refractivity contribution in [2.24, 2.45) is 0 Å². The number of hydrogen-bond donors (Lipinski definition) is 1. The summed E-state index contributed by atoms with van der Waals surface area (Å²) in [5, 5.41) is 4.88. The first-order chi connectivity index (χ1) is 12.8. The van der Waals surface area contributed by atoms with E-state index in [4.69, 9.17) is 0 Å². The van der Waals surface area contributed by atoms with E-state index in [0.717, 1.165) is 45.3 Å². The highest BCUT2D eigenvalue weighted by Crippen LogP contribution is 2.28. The molecule has 1 saturated heterocycles. The minimum atomic E-state index is -3.61. The van der Waals surface area contributed by atoms with Crippen molar-refractivity contribution < 1.29 is 13.2 Å². The molecular weight excluding hydrogens is 450 g/mol. The molecule has 0 atom stereocenters. The summed E-state index contributed by atoms with van der Waals surface area (Å²) in [4.78, 5) is 16.2. The van der Waals surface area contributed by atoms with Crippen molar-refractivity contribution >= 4 is 48.9 Å². The van der Waals surface area contributed by atoms with Gasteiger partial charge >= 0.3 is 0 Å². The maximum atomic E-state index is 12.9. The molecule has 1 aromatic heterocycles. The second-order valence-corrected chi connectivity index (χ2v) is 10.6. The van der Waals surface area contributed by atoms with Crippen molar-refractivity contribution in [2.45, 2.75) is 24.3 Å². The zero-order valence-electron chi connectivity index (χ0n) is 15.2. The van der Waals surface area contributed by atoms with E-state index in [1.807, 2.05) is 11.4 Å². The van der Waals surface area contributed by atoms with E-state index in [1.54, 1.807) is 23.5 Å². The van der Waals surface area contributed by atoms with Crippen molar-refractivity contribution in [3.05, 3.63) is 44.6 Å². The quantitative estimate of drug-likeness (QED) is 0.701. The van der Waals surface area contributed by atoms with E-state index in [1.165, 1.54) is 20.2 Å². The van der Waals surface area contributed by atoms with Crippen LogP contribution in [0.15, 0.2) is 39.0 Å². The van der Waals surface area contributed by atoms with Crippen LogP contribution < -0.4 is 10.2 Å². The highest BCUT2D eigenvalue weighted by molar-refractivity contribution is 9.10. The molecule has 1 aromatic carbocycles. The van der Waals surface area contributed by atoms with Crippen LogP contribution in [-0.2, 0) is 16.6 Å². The molecule has 1 amide bonds. The number of thiophene rings is 1. The van der Waals surface area contributed by atoms with Gasteiger partial charge in [0, 0.05) is 47.6 Å². The molecule has 6 nitrogen and oxygen atoms in total. The number of sulfonamides is 1. The van der Waals surface area contributed by atoms with Crippen LogP contribution in [0.2, 0.25) is 0 Å². The second kappa shape index (κ2) is 8.30. The molecule has 0 unspecified atom stereocenters. The zero-order valence-corrected chi connectivity index (χ0v) is 18.5. The first-order valence-corrected chi connectivity index (χ1v) is 11.7. The molecular formula is C18H22BrN3O3S2. The molecule has 1 aliphatic heterocycles. The van der Waals surface area contributed by atoms with Crippen LogP contribution in [0.1, 0.15) is 28.1 Å². The van der Waals surface area contributed by atoms with E-state index < -0.39 is 10.0 Å². The fourth-order valence-corrected chi connectivity index (χ4v) is 5.33. The minimum Gasteiger partial charge on any atom is -0.371 e. The summed E-state index contributed by atoms with van der Waals surface area (Å²) in [6.45, 7) is 2.15. The average molecular weight is 472 g/mol. The molecule has 9 heteroatoms. The summed E-state index contributed by atoms with van der Waals surface area (Å²) in [6.07, 6.45) is 2.14. The number of rotatable bonds is 6. The van der Waals surface area contributed by atoms with Crippen LogP contribution in [0.25, 0.3) is 0 Å². The van der Waals surface area contributed by atoms with Crippen molar-refractivity contribution in [2.75, 3.05) is 32.1 Å². The van der Waals surface area contributed by atoms with Gasteiger partial charge in [-0.05, 0) is 53.0 Å². The Balaban J connectivity index is 1.92. The normalized spacial score (nSPS) is 14.7. The van der Waals surface area contributed by atoms with Gasteiger partial charge in [-0.2, -0.15) is 0 Å². The molecule has 27 heavy (non-hydrogen) atoms. The van der Waals surface area contributed by atoms with Crippen molar-refractivity contribution in [3.63, 3.8) is 0 Å². The Labute approximate surface area is 172 Å². The third-order valence-electron chi connectivity index (χ3n) is 4.48. The number of nitrogens with zero attached hydrogens (tertiary/aromatic N) is 2. The minimum absolute atomic E-state index is 0.125. The lowest BCUT2D eigenvalue weighted by atomic mass is 10.1. The Hall–Kier alpha value is -1.42. The lowest BCUT2D eigenvalue weighted by Gasteiger charge is -2.22. The third kappa shape index (κ3) is 4.53. The number of carbonyl (C=O) groups is 1. The molecule has 1 N–H and O–H groups in total. The van der Waals surface area contributed by atoms with Crippen molar-refractivity contribution in [3.8, 4) is 0 Å². The molecule has 0 radical (unpaired) electrons. The van der Waals surface area contributed by atoms with Crippen LogP contribution >= 0.6 is 27.3 Å². The molecule has 146 valence electrons. The third-order valence-corrected chi connectivity index (χ3v) is 7.99. The van der Waals surface area contributed by atoms with E-state index in [0.29, 0.717) is 12.1 Å². The van der Waals surface area contributed by atoms with Crippen LogP contribution in [0.5, 0.6) is 0 Å². The Morgan fingerprint density at radius 3 is 2.56 bits per heavy atom. The number of halogens is 1. The van der Waals surface area contributed by atoms with E-state index in [-0.39, 0.29) is 10.8 Å². The van der Waals surface area contributed by atoms with Gasteiger partial charge in [-0.3, -0.25) is 4.79 Å². The average Bonchev–Trinajstić information content (AvgIpc) is 3.30. The number of anilines is 1. The Morgan fingerprint density at radius 2 is 1.96 bits per heavy atom. The maximum absolute atomic E-state index is 12.9. The Bertz CT molecular complexity index is 935. The van der Waals surface area contributed by atoms with Gasteiger partial charge in [0.25, 0.3) is 5.91 Å². The zero-order chi connectivity index (χ0) is 19.6. The smallest absolute Gasteiger partial charge is 0.253 e. The van der Waals surface area contributed by atoms with Crippen LogP contribution in [0, 0.1) is 0 Å². The van der Waals surface area contributed by atoms with Crippen LogP contribution in [0.3, 0.4) is 0 Å². The molecule has 2 aromatic rings. The van der Waals surface area contributed by atoms with Crippen LogP contribution in [0.4, 0.5) is 5.69 Å². The van der Waals surface area contributed by atoms with Gasteiger partial charge in [0.05, 0.1) is 17.0 Å². The largest absolute Gasteiger partial charge is 0.371 e. The van der Waals surface area contributed by atoms with Crippen molar-refractivity contribution in [1.29, 1.82) is 0 Å². The molecule has 0 bridgehead atoms. The Kier molecular flexibility index (Phi) is 6.25. The standard InChI is InChI=1S/C18H22BrN3O3S2/c1-21(2)27(24,25)15-5-6-17(22-7-3-4-8-22)16(10-15)18(23)20-11-14-9-13(19)12-26-14/h5-6,9-10,12H,3-4,7-8,11H2,1-2H3,(H,20,23). The van der Waals surface area contributed by atoms with E-state index >= 15 is 0 Å². The first-order valence-electron chi connectivity index (χ1n) is 8.61. The fourth-order valence-electron chi connectivity index (χ4n) is 3.01. The van der Waals surface area contributed by atoms with Gasteiger partial charge in [0.15, 0.2) is 0 Å². The summed E-state index contributed by atoms with van der Waals surface area (Å²) < 4.78 is 27.1. The lowest BCUT2D eigenvalue weighted by Crippen LogP contribution is -2.28. The summed E-state index contributed by atoms with van der Waals surface area (Å²) in [5.74, 6) is -0.266. The number of nitrogens with one attached hydrogen (secondary N) is 1. The molecule has 3 rings (SSSR count). The highest BCUT2D eigenvalue weighted by Gasteiger charge is 2.24. The second-order valence-electron chi connectivity index (χ2n) is 6.57. The van der Waals surface area contributed by atoms with Gasteiger partial charge in [0.2, 0.25) is 10.0 Å². The van der Waals surface area contributed by atoms with Crippen molar-refractivity contribution in [1.82, 2.24) is 9.62 Å². The number of benzene rings is 1. The molecule has 0 saturated carbocycles. The molecule has 0 spiro atoms. The topological polar surface area (TPSA) is 69.7 Å². The van der Waals surface area contributed by atoms with Gasteiger partial charge in [-0.25, -0.2) is 12.7 Å². The molecule has 1 aliphatic rings. The molecule has 1 fully saturated rings. The highest BCUT2D eigenvalue weighted by atomic mass is 79.9. The number of carbonyl (C=O) groups excluding carboxylic acids is 1. The van der Waals surface area contributed by atoms with Crippen LogP contribution in [-0.4, -0.2) is 45.8 Å². The predicted molar refractivity (Wildman–Crippen MR) is 112 cm³/mol.